The van der Waals surface area contributed by atoms with Gasteiger partial charge in [-0.25, -0.2) is 0 Å². The van der Waals surface area contributed by atoms with Crippen molar-refractivity contribution in [1.82, 2.24) is 0 Å². The summed E-state index contributed by atoms with van der Waals surface area (Å²) in [6, 6.07) is 8.82. The van der Waals surface area contributed by atoms with Crippen LogP contribution in [0.4, 0.5) is 0 Å². The molecule has 1 aromatic rings. The van der Waals surface area contributed by atoms with E-state index in [9.17, 15) is 0 Å². The Morgan fingerprint density at radius 2 is 1.89 bits per heavy atom. The largest absolute Gasteiger partial charge is 0.384 e. The van der Waals surface area contributed by atoms with Crippen LogP contribution in [-0.4, -0.2) is 26.4 Å². The third-order valence-corrected chi connectivity index (χ3v) is 5.04. The second-order valence-corrected chi connectivity index (χ2v) is 6.50. The van der Waals surface area contributed by atoms with Crippen molar-refractivity contribution in [3.05, 3.63) is 35.4 Å². The van der Waals surface area contributed by atoms with Crippen molar-refractivity contribution in [3.63, 3.8) is 0 Å². The van der Waals surface area contributed by atoms with Crippen LogP contribution in [0.15, 0.2) is 24.3 Å². The van der Waals surface area contributed by atoms with E-state index in [-0.39, 0.29) is 5.60 Å². The van der Waals surface area contributed by atoms with E-state index in [1.807, 2.05) is 7.11 Å². The maximum atomic E-state index is 5.70. The van der Waals surface area contributed by atoms with Crippen LogP contribution in [0.5, 0.6) is 0 Å². The van der Waals surface area contributed by atoms with Crippen LogP contribution < -0.4 is 0 Å². The average molecular weight is 327 g/mol. The molecule has 0 spiro atoms. The lowest BCUT2D eigenvalue weighted by atomic mass is 9.76. The first-order valence-electron chi connectivity index (χ1n) is 6.96. The fourth-order valence-corrected chi connectivity index (χ4v) is 3.52. The van der Waals surface area contributed by atoms with E-state index in [1.165, 1.54) is 30.4 Å². The van der Waals surface area contributed by atoms with Crippen LogP contribution in [0.1, 0.15) is 41.6 Å². The van der Waals surface area contributed by atoms with Crippen molar-refractivity contribution < 1.29 is 9.47 Å². The summed E-state index contributed by atoms with van der Waals surface area (Å²) >= 11 is 3.81. The van der Waals surface area contributed by atoms with Gasteiger partial charge in [0, 0.05) is 19.0 Å². The number of ether oxygens (including phenoxy) is 2. The van der Waals surface area contributed by atoms with Gasteiger partial charge in [-0.05, 0) is 43.2 Å². The molecule has 1 aromatic carbocycles. The van der Waals surface area contributed by atoms with Crippen molar-refractivity contribution in [2.24, 2.45) is 0 Å². The molecule has 0 amide bonds. The molecule has 0 aromatic heterocycles. The van der Waals surface area contributed by atoms with E-state index in [0.29, 0.717) is 4.83 Å². The van der Waals surface area contributed by atoms with E-state index >= 15 is 0 Å². The molecule has 0 N–H and O–H groups in total. The highest BCUT2D eigenvalue weighted by atomic mass is 79.9. The standard InChI is InChI=1S/C16H23BrO2/c1-18-11-8-13-4-6-14(7-5-13)15(17)12-16(19-2)9-3-10-16/h4-7,15H,3,8-12H2,1-2H3. The second kappa shape index (κ2) is 6.87. The van der Waals surface area contributed by atoms with Crippen LogP contribution in [0.3, 0.4) is 0 Å². The minimum absolute atomic E-state index is 0.114. The molecule has 0 aliphatic heterocycles. The zero-order valence-corrected chi connectivity index (χ0v) is 13.4. The van der Waals surface area contributed by atoms with Gasteiger partial charge >= 0.3 is 0 Å². The van der Waals surface area contributed by atoms with E-state index < -0.39 is 0 Å². The first-order valence-corrected chi connectivity index (χ1v) is 7.88. The number of methoxy groups -OCH3 is 2. The van der Waals surface area contributed by atoms with E-state index in [2.05, 4.69) is 40.2 Å². The quantitative estimate of drug-likeness (QED) is 0.696. The van der Waals surface area contributed by atoms with Gasteiger partial charge in [0.15, 0.2) is 0 Å². The fourth-order valence-electron chi connectivity index (χ4n) is 2.62. The Labute approximate surface area is 124 Å². The molecule has 106 valence electrons. The van der Waals surface area contributed by atoms with Gasteiger partial charge in [-0.3, -0.25) is 0 Å². The van der Waals surface area contributed by atoms with Crippen LogP contribution in [0.25, 0.3) is 0 Å². The maximum Gasteiger partial charge on any atom is 0.0692 e. The molecule has 0 radical (unpaired) electrons. The van der Waals surface area contributed by atoms with Crippen LogP contribution in [0, 0.1) is 0 Å². The smallest absolute Gasteiger partial charge is 0.0692 e. The van der Waals surface area contributed by atoms with Crippen molar-refractivity contribution in [1.29, 1.82) is 0 Å². The van der Waals surface area contributed by atoms with Gasteiger partial charge in [0.1, 0.15) is 0 Å². The first-order chi connectivity index (χ1) is 9.19. The second-order valence-electron chi connectivity index (χ2n) is 5.40. The summed E-state index contributed by atoms with van der Waals surface area (Å²) in [5.41, 5.74) is 2.78. The lowest BCUT2D eigenvalue weighted by Crippen LogP contribution is -2.39. The Hall–Kier alpha value is -0.380. The third kappa shape index (κ3) is 3.80. The van der Waals surface area contributed by atoms with Crippen molar-refractivity contribution >= 4 is 15.9 Å². The molecule has 0 heterocycles. The summed E-state index contributed by atoms with van der Waals surface area (Å²) in [7, 11) is 3.58. The molecule has 19 heavy (non-hydrogen) atoms. The predicted molar refractivity (Wildman–Crippen MR) is 81.9 cm³/mol. The molecule has 1 unspecified atom stereocenters. The molecule has 1 aliphatic carbocycles. The van der Waals surface area contributed by atoms with Crippen LogP contribution >= 0.6 is 15.9 Å². The highest BCUT2D eigenvalue weighted by Gasteiger charge is 2.38. The van der Waals surface area contributed by atoms with Crippen LogP contribution in [0.2, 0.25) is 0 Å². The monoisotopic (exact) mass is 326 g/mol. The molecule has 1 aliphatic rings. The van der Waals surface area contributed by atoms with E-state index in [0.717, 1.165) is 19.4 Å². The Morgan fingerprint density at radius 3 is 2.37 bits per heavy atom. The van der Waals surface area contributed by atoms with Gasteiger partial charge in [-0.2, -0.15) is 0 Å². The highest BCUT2D eigenvalue weighted by molar-refractivity contribution is 9.09. The number of rotatable bonds is 7. The van der Waals surface area contributed by atoms with Gasteiger partial charge < -0.3 is 9.47 Å². The first kappa shape index (κ1) is 15.0. The van der Waals surface area contributed by atoms with Gasteiger partial charge in [0.2, 0.25) is 0 Å². The molecular weight excluding hydrogens is 304 g/mol. The van der Waals surface area contributed by atoms with Crippen LogP contribution in [-0.2, 0) is 15.9 Å². The summed E-state index contributed by atoms with van der Waals surface area (Å²) in [5.74, 6) is 0. The molecule has 2 nitrogen and oxygen atoms in total. The normalized spacial score (nSPS) is 18.9. The molecule has 1 fully saturated rings. The molecule has 1 atom stereocenters. The van der Waals surface area contributed by atoms with E-state index in [1.54, 1.807) is 7.11 Å². The summed E-state index contributed by atoms with van der Waals surface area (Å²) in [5, 5.41) is 0. The topological polar surface area (TPSA) is 18.5 Å². The maximum absolute atomic E-state index is 5.70. The lowest BCUT2D eigenvalue weighted by molar-refractivity contribution is -0.0773. The third-order valence-electron chi connectivity index (χ3n) is 4.19. The molecule has 0 saturated heterocycles. The zero-order chi connectivity index (χ0) is 13.7. The molecule has 3 heteroatoms. The van der Waals surface area contributed by atoms with E-state index in [4.69, 9.17) is 9.47 Å². The number of alkyl halides is 1. The number of hydrogen-bond acceptors (Lipinski definition) is 2. The fraction of sp³-hybridized carbons (Fsp3) is 0.625. The molecule has 2 rings (SSSR count). The Bertz CT molecular complexity index is 379. The molecular formula is C16H23BrO2. The Kier molecular flexibility index (Phi) is 5.43. The molecule has 0 bridgehead atoms. The zero-order valence-electron chi connectivity index (χ0n) is 11.8. The summed E-state index contributed by atoms with van der Waals surface area (Å²) in [4.78, 5) is 0.379. The molecule has 1 saturated carbocycles. The Morgan fingerprint density at radius 1 is 1.21 bits per heavy atom. The number of benzene rings is 1. The van der Waals surface area contributed by atoms with Crippen molar-refractivity contribution in [2.45, 2.75) is 42.5 Å². The van der Waals surface area contributed by atoms with Crippen molar-refractivity contribution in [3.8, 4) is 0 Å². The Balaban J connectivity index is 1.93. The number of halogens is 1. The predicted octanol–water partition coefficient (Wildman–Crippen LogP) is 4.27. The minimum atomic E-state index is 0.114. The van der Waals surface area contributed by atoms with Gasteiger partial charge in [-0.15, -0.1) is 0 Å². The highest BCUT2D eigenvalue weighted by Crippen LogP contribution is 2.44. The summed E-state index contributed by atoms with van der Waals surface area (Å²) < 4.78 is 10.8. The van der Waals surface area contributed by atoms with Gasteiger partial charge in [0.05, 0.1) is 12.2 Å². The lowest BCUT2D eigenvalue weighted by Gasteiger charge is -2.42. The van der Waals surface area contributed by atoms with Gasteiger partial charge in [-0.1, -0.05) is 40.2 Å². The van der Waals surface area contributed by atoms with Crippen molar-refractivity contribution in [2.75, 3.05) is 20.8 Å². The SMILES string of the molecule is COCCc1ccc(C(Br)CC2(OC)CCC2)cc1. The summed E-state index contributed by atoms with van der Waals surface area (Å²) in [6.07, 6.45) is 5.71. The number of hydrogen-bond donors (Lipinski definition) is 0. The summed E-state index contributed by atoms with van der Waals surface area (Å²) in [6.45, 7) is 0.782. The van der Waals surface area contributed by atoms with Gasteiger partial charge in [0.25, 0.3) is 0 Å². The minimum Gasteiger partial charge on any atom is -0.384 e. The average Bonchev–Trinajstić information content (AvgIpc) is 2.41.